The average molecular weight is 599 g/mol. The minimum Gasteiger partial charge on any atom is -0.492 e. The monoisotopic (exact) mass is 598 g/mol. The lowest BCUT2D eigenvalue weighted by atomic mass is 10.0. The number of benzene rings is 2. The number of unbranched alkanes of at least 4 members (excludes halogenated alkanes) is 1. The lowest BCUT2D eigenvalue weighted by Crippen LogP contribution is -2.07. The van der Waals surface area contributed by atoms with Gasteiger partial charge in [-0.15, -0.1) is 0 Å². The molecule has 2 N–H and O–H groups in total. The molecule has 2 heterocycles. The molecule has 0 aliphatic heterocycles. The third-order valence-corrected chi connectivity index (χ3v) is 6.74. The van der Waals surface area contributed by atoms with E-state index >= 15 is 0 Å². The highest BCUT2D eigenvalue weighted by molar-refractivity contribution is 6.32. The second-order valence-electron chi connectivity index (χ2n) is 9.52. The van der Waals surface area contributed by atoms with Crippen LogP contribution in [0.1, 0.15) is 42.5 Å². The number of para-hydroxylation sites is 1. The number of carboxylic acids is 2. The van der Waals surface area contributed by atoms with Crippen molar-refractivity contribution in [1.29, 1.82) is 0 Å². The molecule has 2 aromatic carbocycles. The summed E-state index contributed by atoms with van der Waals surface area (Å²) in [4.78, 5) is 26.8. The number of aromatic nitrogens is 2. The number of carbonyl (C=O) groups is 2. The number of rotatable bonds is 15. The predicted molar refractivity (Wildman–Crippen MR) is 155 cm³/mol. The molecule has 0 atom stereocenters. The van der Waals surface area contributed by atoms with Crippen LogP contribution in [0.3, 0.4) is 0 Å². The van der Waals surface area contributed by atoms with Crippen molar-refractivity contribution in [3.63, 3.8) is 0 Å². The van der Waals surface area contributed by atoms with Crippen molar-refractivity contribution in [2.75, 3.05) is 13.2 Å². The van der Waals surface area contributed by atoms with Crippen LogP contribution < -0.4 is 9.47 Å². The standard InChI is InChI=1S/C31H29ClF2N2O6/c32-30-26(34)15-22(33)16-27(30)42-14-2-1-13-41-24-12-11-23(35-17-24)10-9-20-5-3-7-25-21(6-4-8-28(37)38)18-36(31(20)25)19-29(39)40/h3,5,7,9-12,15-18H,1-2,4,6,8,13-14,19H2,(H,37,38)(H,39,40). The van der Waals surface area contributed by atoms with E-state index in [4.69, 9.17) is 26.2 Å². The molecule has 220 valence electrons. The Morgan fingerprint density at radius 1 is 0.976 bits per heavy atom. The Bertz CT molecular complexity index is 1590. The lowest BCUT2D eigenvalue weighted by molar-refractivity contribution is -0.138. The normalized spacial score (nSPS) is 11.3. The second kappa shape index (κ2) is 14.5. The third kappa shape index (κ3) is 8.29. The molecule has 4 rings (SSSR count). The van der Waals surface area contributed by atoms with Crippen LogP contribution in [0.5, 0.6) is 11.5 Å². The summed E-state index contributed by atoms with van der Waals surface area (Å²) in [7, 11) is 0. The summed E-state index contributed by atoms with van der Waals surface area (Å²) in [6.07, 6.45) is 9.30. The quantitative estimate of drug-likeness (QED) is 0.113. The van der Waals surface area contributed by atoms with Crippen LogP contribution in [0.2, 0.25) is 5.02 Å². The third-order valence-electron chi connectivity index (χ3n) is 6.37. The van der Waals surface area contributed by atoms with E-state index in [0.29, 0.717) is 49.8 Å². The van der Waals surface area contributed by atoms with Crippen molar-refractivity contribution in [2.45, 2.75) is 38.6 Å². The molecule has 11 heteroatoms. The second-order valence-corrected chi connectivity index (χ2v) is 9.90. The maximum absolute atomic E-state index is 13.5. The number of aliphatic carboxylic acids is 2. The number of hydrogen-bond acceptors (Lipinski definition) is 5. The molecule has 0 unspecified atom stereocenters. The Morgan fingerprint density at radius 2 is 1.76 bits per heavy atom. The summed E-state index contributed by atoms with van der Waals surface area (Å²) in [6, 6.07) is 11.0. The molecule has 42 heavy (non-hydrogen) atoms. The Kier molecular flexibility index (Phi) is 10.5. The number of aryl methyl sites for hydroxylation is 1. The van der Waals surface area contributed by atoms with E-state index in [1.165, 1.54) is 0 Å². The van der Waals surface area contributed by atoms with Gasteiger partial charge in [-0.1, -0.05) is 35.9 Å². The van der Waals surface area contributed by atoms with Crippen LogP contribution in [0, 0.1) is 11.6 Å². The summed E-state index contributed by atoms with van der Waals surface area (Å²) < 4.78 is 39.6. The maximum atomic E-state index is 13.5. The first-order valence-corrected chi connectivity index (χ1v) is 13.7. The largest absolute Gasteiger partial charge is 0.492 e. The molecular weight excluding hydrogens is 570 g/mol. The number of halogens is 3. The topological polar surface area (TPSA) is 111 Å². The molecule has 0 spiro atoms. The molecule has 0 bridgehead atoms. The SMILES string of the molecule is O=C(O)CCCc1cn(CC(=O)O)c2c(C=Cc3ccc(OCCCCOc4cc(F)cc(F)c4Cl)cn3)cccc12. The van der Waals surface area contributed by atoms with Gasteiger partial charge in [0.15, 0.2) is 0 Å². The molecule has 0 aliphatic carbocycles. The molecule has 0 saturated carbocycles. The fraction of sp³-hybridized carbons (Fsp3) is 0.258. The van der Waals surface area contributed by atoms with Crippen molar-refractivity contribution in [3.05, 3.63) is 88.3 Å². The van der Waals surface area contributed by atoms with Crippen molar-refractivity contribution >= 4 is 46.6 Å². The fourth-order valence-corrected chi connectivity index (χ4v) is 4.63. The zero-order valence-electron chi connectivity index (χ0n) is 22.6. The van der Waals surface area contributed by atoms with Gasteiger partial charge in [0, 0.05) is 30.1 Å². The van der Waals surface area contributed by atoms with E-state index in [1.807, 2.05) is 30.4 Å². The molecular formula is C31H29ClF2N2O6. The summed E-state index contributed by atoms with van der Waals surface area (Å²) in [5.74, 6) is -2.93. The van der Waals surface area contributed by atoms with Gasteiger partial charge in [-0.3, -0.25) is 14.6 Å². The Hall–Kier alpha value is -4.44. The van der Waals surface area contributed by atoms with E-state index in [9.17, 15) is 23.5 Å². The smallest absolute Gasteiger partial charge is 0.323 e. The zero-order chi connectivity index (χ0) is 30.1. The van der Waals surface area contributed by atoms with Crippen LogP contribution in [0.15, 0.2) is 54.9 Å². The highest BCUT2D eigenvalue weighted by Crippen LogP contribution is 2.29. The van der Waals surface area contributed by atoms with Gasteiger partial charge in [-0.2, -0.15) is 0 Å². The van der Waals surface area contributed by atoms with E-state index in [1.54, 1.807) is 29.1 Å². The first-order chi connectivity index (χ1) is 20.2. The lowest BCUT2D eigenvalue weighted by Gasteiger charge is -2.09. The molecule has 0 radical (unpaired) electrons. The molecule has 0 amide bonds. The van der Waals surface area contributed by atoms with Gasteiger partial charge in [-0.05, 0) is 55.0 Å². The minimum atomic E-state index is -0.973. The van der Waals surface area contributed by atoms with Crippen molar-refractivity contribution in [2.24, 2.45) is 0 Å². The average Bonchev–Trinajstić information content (AvgIpc) is 3.29. The molecule has 2 aromatic heterocycles. The van der Waals surface area contributed by atoms with Crippen molar-refractivity contribution < 1.29 is 38.1 Å². The molecule has 4 aromatic rings. The number of carboxylic acid groups (broad SMARTS) is 2. The van der Waals surface area contributed by atoms with E-state index in [-0.39, 0.29) is 30.3 Å². The predicted octanol–water partition coefficient (Wildman–Crippen LogP) is 6.87. The van der Waals surface area contributed by atoms with Crippen molar-refractivity contribution in [1.82, 2.24) is 9.55 Å². The van der Waals surface area contributed by atoms with Gasteiger partial charge in [0.25, 0.3) is 0 Å². The fourth-order valence-electron chi connectivity index (χ4n) is 4.46. The summed E-state index contributed by atoms with van der Waals surface area (Å²) in [5, 5.41) is 19.0. The maximum Gasteiger partial charge on any atom is 0.323 e. The van der Waals surface area contributed by atoms with Crippen LogP contribution in [0.25, 0.3) is 23.1 Å². The Labute approximate surface area is 245 Å². The van der Waals surface area contributed by atoms with Gasteiger partial charge >= 0.3 is 11.9 Å². The molecule has 0 saturated heterocycles. The first kappa shape index (κ1) is 30.5. The Morgan fingerprint density at radius 3 is 2.48 bits per heavy atom. The summed E-state index contributed by atoms with van der Waals surface area (Å²) >= 11 is 5.79. The first-order valence-electron chi connectivity index (χ1n) is 13.3. The van der Waals surface area contributed by atoms with Crippen LogP contribution in [-0.2, 0) is 22.6 Å². The van der Waals surface area contributed by atoms with Crippen LogP contribution >= 0.6 is 11.6 Å². The van der Waals surface area contributed by atoms with Gasteiger partial charge < -0.3 is 24.3 Å². The molecule has 8 nitrogen and oxygen atoms in total. The van der Waals surface area contributed by atoms with Gasteiger partial charge in [0.1, 0.15) is 34.7 Å². The number of hydrogen-bond donors (Lipinski definition) is 2. The van der Waals surface area contributed by atoms with Gasteiger partial charge in [0.05, 0.1) is 30.6 Å². The highest BCUT2D eigenvalue weighted by atomic mass is 35.5. The van der Waals surface area contributed by atoms with Crippen LogP contribution in [-0.4, -0.2) is 44.9 Å². The molecule has 0 fully saturated rings. The summed E-state index contributed by atoms with van der Waals surface area (Å²) in [5.41, 5.74) is 3.14. The van der Waals surface area contributed by atoms with Gasteiger partial charge in [0.2, 0.25) is 0 Å². The highest BCUT2D eigenvalue weighted by Gasteiger charge is 2.14. The van der Waals surface area contributed by atoms with E-state index in [0.717, 1.165) is 28.1 Å². The minimum absolute atomic E-state index is 0.0366. The van der Waals surface area contributed by atoms with Gasteiger partial charge in [-0.25, -0.2) is 8.78 Å². The van der Waals surface area contributed by atoms with E-state index < -0.39 is 23.6 Å². The Balaban J connectivity index is 1.33. The number of nitrogens with zero attached hydrogens (tertiary/aromatic N) is 2. The summed E-state index contributed by atoms with van der Waals surface area (Å²) in [6.45, 7) is 0.400. The van der Waals surface area contributed by atoms with Crippen molar-refractivity contribution in [3.8, 4) is 11.5 Å². The number of fused-ring (bicyclic) bond motifs is 1. The molecule has 0 aliphatic rings. The van der Waals surface area contributed by atoms with Crippen LogP contribution in [0.4, 0.5) is 8.78 Å². The van der Waals surface area contributed by atoms with E-state index in [2.05, 4.69) is 4.98 Å². The zero-order valence-corrected chi connectivity index (χ0v) is 23.3. The number of ether oxygens (including phenoxy) is 2. The number of pyridine rings is 1.